The standard InChI is InChI=1S/C15H29N5/c1-4-7-20-12-13(11-17-20)15(10-16)19-8-5-14(6-9-19)18(2)3/h11-12,14-15H,4-10,16H2,1-3H3. The number of hydrogen-bond acceptors (Lipinski definition) is 4. The van der Waals surface area contributed by atoms with Gasteiger partial charge >= 0.3 is 0 Å². The van der Waals surface area contributed by atoms with E-state index in [1.807, 2.05) is 10.9 Å². The fourth-order valence-electron chi connectivity index (χ4n) is 3.11. The van der Waals surface area contributed by atoms with Gasteiger partial charge in [-0.05, 0) is 33.4 Å². The van der Waals surface area contributed by atoms with E-state index in [2.05, 4.69) is 42.1 Å². The van der Waals surface area contributed by atoms with Gasteiger partial charge in [-0.25, -0.2) is 0 Å². The Morgan fingerprint density at radius 1 is 1.40 bits per heavy atom. The van der Waals surface area contributed by atoms with Crippen molar-refractivity contribution in [1.29, 1.82) is 0 Å². The normalized spacial score (nSPS) is 19.6. The zero-order valence-corrected chi connectivity index (χ0v) is 13.1. The van der Waals surface area contributed by atoms with Gasteiger partial charge in [0.1, 0.15) is 0 Å². The number of rotatable bonds is 6. The molecule has 2 heterocycles. The van der Waals surface area contributed by atoms with E-state index in [4.69, 9.17) is 5.73 Å². The van der Waals surface area contributed by atoms with E-state index in [1.54, 1.807) is 0 Å². The lowest BCUT2D eigenvalue weighted by molar-refractivity contribution is 0.111. The molecule has 20 heavy (non-hydrogen) atoms. The van der Waals surface area contributed by atoms with Crippen LogP contribution in [-0.4, -0.2) is 59.4 Å². The molecule has 0 aromatic carbocycles. The van der Waals surface area contributed by atoms with Crippen LogP contribution in [0.2, 0.25) is 0 Å². The van der Waals surface area contributed by atoms with Crippen LogP contribution in [0, 0.1) is 0 Å². The van der Waals surface area contributed by atoms with Crippen molar-refractivity contribution >= 4 is 0 Å². The van der Waals surface area contributed by atoms with Crippen molar-refractivity contribution in [2.75, 3.05) is 33.7 Å². The van der Waals surface area contributed by atoms with E-state index in [0.29, 0.717) is 18.6 Å². The summed E-state index contributed by atoms with van der Waals surface area (Å²) in [5.74, 6) is 0. The Kier molecular flexibility index (Phi) is 5.57. The maximum atomic E-state index is 6.02. The van der Waals surface area contributed by atoms with Gasteiger partial charge in [0.05, 0.1) is 12.2 Å². The highest BCUT2D eigenvalue weighted by atomic mass is 15.3. The van der Waals surface area contributed by atoms with Crippen molar-refractivity contribution in [2.24, 2.45) is 5.73 Å². The van der Waals surface area contributed by atoms with Crippen LogP contribution in [0.3, 0.4) is 0 Å². The molecule has 1 aliphatic heterocycles. The predicted molar refractivity (Wildman–Crippen MR) is 82.6 cm³/mol. The third kappa shape index (κ3) is 3.59. The molecule has 1 aliphatic rings. The van der Waals surface area contributed by atoms with E-state index in [0.717, 1.165) is 26.1 Å². The highest BCUT2D eigenvalue weighted by Gasteiger charge is 2.26. The van der Waals surface area contributed by atoms with Gasteiger partial charge in [0, 0.05) is 44.0 Å². The third-order valence-corrected chi connectivity index (χ3v) is 4.38. The predicted octanol–water partition coefficient (Wildman–Crippen LogP) is 1.32. The summed E-state index contributed by atoms with van der Waals surface area (Å²) in [6.45, 7) is 6.09. The van der Waals surface area contributed by atoms with E-state index < -0.39 is 0 Å². The average molecular weight is 279 g/mol. The molecule has 1 aromatic rings. The van der Waals surface area contributed by atoms with Gasteiger partial charge in [0.2, 0.25) is 0 Å². The van der Waals surface area contributed by atoms with Crippen LogP contribution in [0.4, 0.5) is 0 Å². The fourth-order valence-corrected chi connectivity index (χ4v) is 3.11. The van der Waals surface area contributed by atoms with Gasteiger partial charge in [-0.2, -0.15) is 5.10 Å². The fraction of sp³-hybridized carbons (Fsp3) is 0.800. The van der Waals surface area contributed by atoms with Crippen molar-refractivity contribution in [3.8, 4) is 0 Å². The summed E-state index contributed by atoms with van der Waals surface area (Å²) in [4.78, 5) is 4.86. The van der Waals surface area contributed by atoms with Crippen LogP contribution in [0.1, 0.15) is 37.8 Å². The molecule has 0 radical (unpaired) electrons. The Morgan fingerprint density at radius 3 is 2.65 bits per heavy atom. The monoisotopic (exact) mass is 279 g/mol. The number of piperidine rings is 1. The Labute approximate surface area is 122 Å². The third-order valence-electron chi connectivity index (χ3n) is 4.38. The molecule has 1 aromatic heterocycles. The average Bonchev–Trinajstić information content (AvgIpc) is 2.89. The van der Waals surface area contributed by atoms with Gasteiger partial charge in [-0.1, -0.05) is 6.92 Å². The van der Waals surface area contributed by atoms with Gasteiger partial charge in [-0.15, -0.1) is 0 Å². The molecule has 0 saturated carbocycles. The number of aryl methyl sites for hydroxylation is 1. The molecule has 5 nitrogen and oxygen atoms in total. The van der Waals surface area contributed by atoms with E-state index in [-0.39, 0.29) is 0 Å². The molecule has 5 heteroatoms. The summed E-state index contributed by atoms with van der Waals surface area (Å²) in [5.41, 5.74) is 7.29. The molecular weight excluding hydrogens is 250 g/mol. The van der Waals surface area contributed by atoms with Gasteiger partial charge in [-0.3, -0.25) is 9.58 Å². The maximum Gasteiger partial charge on any atom is 0.0538 e. The largest absolute Gasteiger partial charge is 0.329 e. The SMILES string of the molecule is CCCn1cc(C(CN)N2CCC(N(C)C)CC2)cn1. The molecule has 0 bridgehead atoms. The minimum Gasteiger partial charge on any atom is -0.329 e. The summed E-state index contributed by atoms with van der Waals surface area (Å²) in [5, 5.41) is 4.44. The highest BCUT2D eigenvalue weighted by molar-refractivity contribution is 5.11. The first-order valence-corrected chi connectivity index (χ1v) is 7.78. The van der Waals surface area contributed by atoms with Crippen molar-refractivity contribution in [2.45, 2.75) is 44.8 Å². The quantitative estimate of drug-likeness (QED) is 0.853. The minimum absolute atomic E-state index is 0.323. The van der Waals surface area contributed by atoms with Crippen molar-refractivity contribution in [3.63, 3.8) is 0 Å². The molecule has 1 fully saturated rings. The number of aromatic nitrogens is 2. The molecule has 114 valence electrons. The lowest BCUT2D eigenvalue weighted by Crippen LogP contribution is -2.44. The van der Waals surface area contributed by atoms with E-state index in [1.165, 1.54) is 18.4 Å². The summed E-state index contributed by atoms with van der Waals surface area (Å²) >= 11 is 0. The van der Waals surface area contributed by atoms with Crippen LogP contribution in [0.25, 0.3) is 0 Å². The number of nitrogens with two attached hydrogens (primary N) is 1. The van der Waals surface area contributed by atoms with Crippen LogP contribution >= 0.6 is 0 Å². The Balaban J connectivity index is 1.98. The second-order valence-electron chi connectivity index (χ2n) is 6.02. The van der Waals surface area contributed by atoms with Gasteiger partial charge in [0.25, 0.3) is 0 Å². The molecule has 1 saturated heterocycles. The topological polar surface area (TPSA) is 50.3 Å². The van der Waals surface area contributed by atoms with Crippen LogP contribution < -0.4 is 5.73 Å². The molecule has 0 spiro atoms. The summed E-state index contributed by atoms with van der Waals surface area (Å²) < 4.78 is 2.03. The second kappa shape index (κ2) is 7.20. The van der Waals surface area contributed by atoms with E-state index >= 15 is 0 Å². The van der Waals surface area contributed by atoms with Crippen LogP contribution in [0.5, 0.6) is 0 Å². The van der Waals surface area contributed by atoms with Crippen LogP contribution in [0.15, 0.2) is 12.4 Å². The molecular formula is C15H29N5. The zero-order valence-electron chi connectivity index (χ0n) is 13.1. The lowest BCUT2D eigenvalue weighted by atomic mass is 10.0. The summed E-state index contributed by atoms with van der Waals surface area (Å²) in [6, 6.07) is 1.04. The second-order valence-corrected chi connectivity index (χ2v) is 6.02. The molecule has 0 aliphatic carbocycles. The Morgan fingerprint density at radius 2 is 2.10 bits per heavy atom. The maximum absolute atomic E-state index is 6.02. The lowest BCUT2D eigenvalue weighted by Gasteiger charge is -2.38. The highest BCUT2D eigenvalue weighted by Crippen LogP contribution is 2.24. The molecule has 2 rings (SSSR count). The van der Waals surface area contributed by atoms with Crippen molar-refractivity contribution < 1.29 is 0 Å². The number of hydrogen-bond donors (Lipinski definition) is 1. The first-order valence-electron chi connectivity index (χ1n) is 7.78. The van der Waals surface area contributed by atoms with Crippen molar-refractivity contribution in [1.82, 2.24) is 19.6 Å². The molecule has 1 atom stereocenters. The van der Waals surface area contributed by atoms with Gasteiger partial charge < -0.3 is 10.6 Å². The number of likely N-dealkylation sites (tertiary alicyclic amines) is 1. The first-order chi connectivity index (χ1) is 9.65. The summed E-state index contributed by atoms with van der Waals surface area (Å²) in [7, 11) is 4.35. The molecule has 0 amide bonds. The van der Waals surface area contributed by atoms with Crippen LogP contribution in [-0.2, 0) is 6.54 Å². The number of nitrogens with zero attached hydrogens (tertiary/aromatic N) is 4. The Hall–Kier alpha value is -0.910. The molecule has 1 unspecified atom stereocenters. The first kappa shape index (κ1) is 15.5. The smallest absolute Gasteiger partial charge is 0.0538 e. The van der Waals surface area contributed by atoms with Gasteiger partial charge in [0.15, 0.2) is 0 Å². The Bertz CT molecular complexity index is 393. The summed E-state index contributed by atoms with van der Waals surface area (Å²) in [6.07, 6.45) is 7.73. The molecule has 2 N–H and O–H groups in total. The minimum atomic E-state index is 0.323. The van der Waals surface area contributed by atoms with Crippen molar-refractivity contribution in [3.05, 3.63) is 18.0 Å². The zero-order chi connectivity index (χ0) is 14.5. The van der Waals surface area contributed by atoms with E-state index in [9.17, 15) is 0 Å².